The lowest BCUT2D eigenvalue weighted by Crippen LogP contribution is -2.28. The maximum Gasteiger partial charge on any atom is 0.296 e. The Kier molecular flexibility index (Phi) is 4.95. The van der Waals surface area contributed by atoms with E-state index < -0.39 is 11.1 Å². The molecule has 0 N–H and O–H groups in total. The fraction of sp³-hybridized carbons (Fsp3) is 0.0435. The Morgan fingerprint density at radius 1 is 0.938 bits per heavy atom. The SMILES string of the molecule is O=c1nc2s/c(=C\c3ccc(-c4ccc(F)cc4)o3)c(=O)n2nc1Cc1ccc(F)cc1. The summed E-state index contributed by atoms with van der Waals surface area (Å²) in [5.41, 5.74) is 0.489. The second-order valence-electron chi connectivity index (χ2n) is 6.99. The lowest BCUT2D eigenvalue weighted by Gasteiger charge is -2.00. The third-order valence-electron chi connectivity index (χ3n) is 4.76. The third kappa shape index (κ3) is 3.85. The van der Waals surface area contributed by atoms with Crippen LogP contribution in [0.4, 0.5) is 8.78 Å². The second kappa shape index (κ2) is 7.93. The average molecular weight is 449 g/mol. The maximum atomic E-state index is 13.1. The summed E-state index contributed by atoms with van der Waals surface area (Å²) in [5.74, 6) is 0.217. The van der Waals surface area contributed by atoms with Gasteiger partial charge in [0.25, 0.3) is 11.1 Å². The van der Waals surface area contributed by atoms with Crippen LogP contribution in [0.1, 0.15) is 17.0 Å². The molecule has 0 unspecified atom stereocenters. The highest BCUT2D eigenvalue weighted by Gasteiger charge is 2.12. The molecule has 0 saturated carbocycles. The van der Waals surface area contributed by atoms with Crippen LogP contribution in [0.3, 0.4) is 0 Å². The van der Waals surface area contributed by atoms with Crippen molar-refractivity contribution >= 4 is 22.4 Å². The Hall–Kier alpha value is -3.98. The molecule has 0 amide bonds. The van der Waals surface area contributed by atoms with Gasteiger partial charge in [0, 0.05) is 18.1 Å². The zero-order valence-electron chi connectivity index (χ0n) is 16.3. The summed E-state index contributed by atoms with van der Waals surface area (Å²) in [5, 5.41) is 4.18. The van der Waals surface area contributed by atoms with Crippen molar-refractivity contribution in [2.75, 3.05) is 0 Å². The number of fused-ring (bicyclic) bond motifs is 1. The Labute approximate surface area is 182 Å². The normalized spacial score (nSPS) is 12.0. The molecule has 2 aromatic carbocycles. The van der Waals surface area contributed by atoms with Crippen molar-refractivity contribution in [3.05, 3.63) is 115 Å². The van der Waals surface area contributed by atoms with E-state index in [1.165, 1.54) is 24.3 Å². The van der Waals surface area contributed by atoms with Gasteiger partial charge >= 0.3 is 0 Å². The number of furan rings is 1. The van der Waals surface area contributed by atoms with Crippen molar-refractivity contribution in [1.82, 2.24) is 14.6 Å². The highest BCUT2D eigenvalue weighted by molar-refractivity contribution is 7.15. The number of aromatic nitrogens is 3. The van der Waals surface area contributed by atoms with E-state index in [1.54, 1.807) is 42.5 Å². The molecule has 3 heterocycles. The van der Waals surface area contributed by atoms with E-state index in [4.69, 9.17) is 4.42 Å². The van der Waals surface area contributed by atoms with E-state index in [0.717, 1.165) is 15.9 Å². The van der Waals surface area contributed by atoms with Crippen LogP contribution in [0, 0.1) is 11.6 Å². The number of halogens is 2. The monoisotopic (exact) mass is 449 g/mol. The fourth-order valence-electron chi connectivity index (χ4n) is 3.18. The maximum absolute atomic E-state index is 13.1. The summed E-state index contributed by atoms with van der Waals surface area (Å²) in [7, 11) is 0. The minimum Gasteiger partial charge on any atom is -0.457 e. The van der Waals surface area contributed by atoms with E-state index in [-0.39, 0.29) is 28.7 Å². The summed E-state index contributed by atoms with van der Waals surface area (Å²) >= 11 is 1.02. The first-order chi connectivity index (χ1) is 15.5. The van der Waals surface area contributed by atoms with Gasteiger partial charge in [-0.1, -0.05) is 23.5 Å². The van der Waals surface area contributed by atoms with Crippen molar-refractivity contribution in [2.24, 2.45) is 0 Å². The molecule has 0 aliphatic carbocycles. The number of hydrogen-bond donors (Lipinski definition) is 0. The minimum atomic E-state index is -0.543. The molecule has 32 heavy (non-hydrogen) atoms. The Balaban J connectivity index is 1.51. The van der Waals surface area contributed by atoms with Gasteiger partial charge in [-0.15, -0.1) is 0 Å². The van der Waals surface area contributed by atoms with Gasteiger partial charge in [0.05, 0.1) is 0 Å². The Bertz CT molecular complexity index is 1600. The molecule has 0 radical (unpaired) electrons. The number of nitrogens with zero attached hydrogens (tertiary/aromatic N) is 3. The minimum absolute atomic E-state index is 0.0900. The van der Waals surface area contributed by atoms with Gasteiger partial charge in [0.1, 0.15) is 33.4 Å². The van der Waals surface area contributed by atoms with Crippen LogP contribution < -0.4 is 15.7 Å². The first-order valence-corrected chi connectivity index (χ1v) is 10.3. The lowest BCUT2D eigenvalue weighted by atomic mass is 10.1. The Morgan fingerprint density at radius 2 is 1.62 bits per heavy atom. The number of rotatable bonds is 4. The third-order valence-corrected chi connectivity index (χ3v) is 5.72. The van der Waals surface area contributed by atoms with Crippen molar-refractivity contribution in [2.45, 2.75) is 6.42 Å². The van der Waals surface area contributed by atoms with Gasteiger partial charge in [-0.3, -0.25) is 9.59 Å². The highest BCUT2D eigenvalue weighted by atomic mass is 32.1. The first-order valence-electron chi connectivity index (χ1n) is 9.51. The molecule has 5 rings (SSSR count). The first kappa shape index (κ1) is 20.0. The molecular weight excluding hydrogens is 436 g/mol. The smallest absolute Gasteiger partial charge is 0.296 e. The summed E-state index contributed by atoms with van der Waals surface area (Å²) < 4.78 is 33.3. The summed E-state index contributed by atoms with van der Waals surface area (Å²) in [6, 6.07) is 14.9. The van der Waals surface area contributed by atoms with Gasteiger partial charge in [-0.2, -0.15) is 14.6 Å². The van der Waals surface area contributed by atoms with Crippen LogP contribution in [0.15, 0.2) is 74.7 Å². The molecule has 9 heteroatoms. The van der Waals surface area contributed by atoms with Gasteiger partial charge in [-0.05, 0) is 54.1 Å². The second-order valence-corrected chi connectivity index (χ2v) is 8.00. The largest absolute Gasteiger partial charge is 0.457 e. The zero-order chi connectivity index (χ0) is 22.2. The van der Waals surface area contributed by atoms with E-state index in [2.05, 4.69) is 10.1 Å². The van der Waals surface area contributed by atoms with Crippen LogP contribution in [0.25, 0.3) is 22.4 Å². The molecule has 158 valence electrons. The molecule has 3 aromatic heterocycles. The van der Waals surface area contributed by atoms with Crippen LogP contribution >= 0.6 is 11.3 Å². The predicted octanol–water partition coefficient (Wildman–Crippen LogP) is 3.19. The highest BCUT2D eigenvalue weighted by Crippen LogP contribution is 2.22. The summed E-state index contributed by atoms with van der Waals surface area (Å²) in [6.45, 7) is 0. The number of benzene rings is 2. The number of hydrogen-bond acceptors (Lipinski definition) is 6. The quantitative estimate of drug-likeness (QED) is 0.421. The molecule has 0 aliphatic heterocycles. The molecule has 0 saturated heterocycles. The zero-order valence-corrected chi connectivity index (χ0v) is 17.1. The molecular formula is C23H13F2N3O3S. The average Bonchev–Trinajstić information content (AvgIpc) is 3.36. The van der Waals surface area contributed by atoms with Gasteiger partial charge in [-0.25, -0.2) is 8.78 Å². The van der Waals surface area contributed by atoms with Crippen LogP contribution in [0.2, 0.25) is 0 Å². The molecule has 0 fully saturated rings. The molecule has 0 aliphatic rings. The van der Waals surface area contributed by atoms with Crippen LogP contribution in [-0.4, -0.2) is 14.6 Å². The van der Waals surface area contributed by atoms with Gasteiger partial charge < -0.3 is 4.42 Å². The van der Waals surface area contributed by atoms with E-state index >= 15 is 0 Å². The van der Waals surface area contributed by atoms with E-state index in [9.17, 15) is 18.4 Å². The molecule has 6 nitrogen and oxygen atoms in total. The van der Waals surface area contributed by atoms with Crippen molar-refractivity contribution in [1.29, 1.82) is 0 Å². The van der Waals surface area contributed by atoms with E-state index in [0.29, 0.717) is 27.2 Å². The molecule has 0 atom stereocenters. The topological polar surface area (TPSA) is 77.5 Å². The standard InChI is InChI=1S/C23H13F2N3O3S/c24-15-5-1-13(2-6-15)11-18-21(29)26-23-28(27-18)22(30)20(32-23)12-17-9-10-19(31-17)14-3-7-16(25)8-4-14/h1-10,12H,11H2/b20-12-. The Morgan fingerprint density at radius 3 is 2.34 bits per heavy atom. The van der Waals surface area contributed by atoms with Crippen molar-refractivity contribution in [3.63, 3.8) is 0 Å². The van der Waals surface area contributed by atoms with Crippen LogP contribution in [0.5, 0.6) is 0 Å². The van der Waals surface area contributed by atoms with Gasteiger partial charge in [0.15, 0.2) is 0 Å². The van der Waals surface area contributed by atoms with Gasteiger partial charge in [0.2, 0.25) is 4.96 Å². The van der Waals surface area contributed by atoms with Crippen molar-refractivity contribution < 1.29 is 13.2 Å². The van der Waals surface area contributed by atoms with Crippen molar-refractivity contribution in [3.8, 4) is 11.3 Å². The number of thiazole rings is 1. The summed E-state index contributed by atoms with van der Waals surface area (Å²) in [4.78, 5) is 29.3. The summed E-state index contributed by atoms with van der Waals surface area (Å²) in [6.07, 6.45) is 1.67. The van der Waals surface area contributed by atoms with Crippen LogP contribution in [-0.2, 0) is 6.42 Å². The molecule has 0 spiro atoms. The lowest BCUT2D eigenvalue weighted by molar-refractivity contribution is 0.571. The molecule has 5 aromatic rings. The van der Waals surface area contributed by atoms with E-state index in [1.807, 2.05) is 0 Å². The fourth-order valence-corrected chi connectivity index (χ4v) is 4.06. The molecule has 0 bridgehead atoms. The predicted molar refractivity (Wildman–Crippen MR) is 115 cm³/mol.